The van der Waals surface area contributed by atoms with E-state index in [2.05, 4.69) is 0 Å². The Morgan fingerprint density at radius 3 is 2.64 bits per heavy atom. The number of halogens is 2. The average molecular weight is 236 g/mol. The topological polar surface area (TPSA) is 55.5 Å². The fourth-order valence-electron chi connectivity index (χ4n) is 1.10. The van der Waals surface area contributed by atoms with E-state index in [4.69, 9.17) is 33.7 Å². The molecule has 14 heavy (non-hydrogen) atoms. The minimum absolute atomic E-state index is 0.0865. The molecule has 78 valence electrons. The van der Waals surface area contributed by atoms with Crippen LogP contribution in [-0.2, 0) is 0 Å². The van der Waals surface area contributed by atoms with Gasteiger partial charge in [-0.3, -0.25) is 0 Å². The van der Waals surface area contributed by atoms with Crippen molar-refractivity contribution in [1.82, 2.24) is 0 Å². The summed E-state index contributed by atoms with van der Waals surface area (Å²) in [4.78, 5) is 0. The van der Waals surface area contributed by atoms with Gasteiger partial charge in [0.1, 0.15) is 5.75 Å². The van der Waals surface area contributed by atoms with Gasteiger partial charge < -0.3 is 15.6 Å². The van der Waals surface area contributed by atoms with Crippen LogP contribution in [0.25, 0.3) is 0 Å². The number of benzene rings is 1. The van der Waals surface area contributed by atoms with Crippen molar-refractivity contribution in [3.05, 3.63) is 27.7 Å². The third-order valence-electron chi connectivity index (χ3n) is 1.83. The molecule has 0 fully saturated rings. The van der Waals surface area contributed by atoms with E-state index in [-0.39, 0.29) is 6.54 Å². The second-order valence-electron chi connectivity index (χ2n) is 2.76. The second-order valence-corrected chi connectivity index (χ2v) is 3.58. The summed E-state index contributed by atoms with van der Waals surface area (Å²) in [5, 5.41) is 10.3. The van der Waals surface area contributed by atoms with Gasteiger partial charge in [0.15, 0.2) is 0 Å². The Morgan fingerprint density at radius 1 is 1.50 bits per heavy atom. The van der Waals surface area contributed by atoms with Crippen molar-refractivity contribution in [2.45, 2.75) is 6.10 Å². The van der Waals surface area contributed by atoms with Gasteiger partial charge in [-0.25, -0.2) is 0 Å². The molecule has 1 atom stereocenters. The summed E-state index contributed by atoms with van der Waals surface area (Å²) in [5.41, 5.74) is 5.81. The van der Waals surface area contributed by atoms with Crippen molar-refractivity contribution in [2.75, 3.05) is 13.7 Å². The van der Waals surface area contributed by atoms with Crippen LogP contribution in [0.5, 0.6) is 5.75 Å². The van der Waals surface area contributed by atoms with E-state index in [0.717, 1.165) is 0 Å². The van der Waals surface area contributed by atoms with E-state index in [1.54, 1.807) is 12.1 Å². The van der Waals surface area contributed by atoms with Crippen LogP contribution in [-0.4, -0.2) is 18.8 Å². The lowest BCUT2D eigenvalue weighted by molar-refractivity contribution is 0.186. The van der Waals surface area contributed by atoms with Crippen LogP contribution < -0.4 is 10.5 Å². The van der Waals surface area contributed by atoms with E-state index in [1.165, 1.54) is 7.11 Å². The first-order chi connectivity index (χ1) is 6.60. The summed E-state index contributed by atoms with van der Waals surface area (Å²) < 4.78 is 4.99. The zero-order chi connectivity index (χ0) is 10.7. The first kappa shape index (κ1) is 11.6. The molecule has 0 aliphatic heterocycles. The molecule has 1 unspecified atom stereocenters. The lowest BCUT2D eigenvalue weighted by atomic mass is 10.1. The van der Waals surface area contributed by atoms with Gasteiger partial charge in [0.25, 0.3) is 0 Å². The number of aliphatic hydroxyl groups excluding tert-OH is 1. The third-order valence-corrected chi connectivity index (χ3v) is 2.46. The molecule has 0 bridgehead atoms. The van der Waals surface area contributed by atoms with Gasteiger partial charge in [-0.05, 0) is 6.07 Å². The van der Waals surface area contributed by atoms with Crippen molar-refractivity contribution >= 4 is 23.2 Å². The number of nitrogens with two attached hydrogens (primary N) is 1. The third kappa shape index (κ3) is 2.30. The van der Waals surface area contributed by atoms with Crippen molar-refractivity contribution < 1.29 is 9.84 Å². The quantitative estimate of drug-likeness (QED) is 0.843. The molecule has 0 aliphatic rings. The summed E-state index contributed by atoms with van der Waals surface area (Å²) in [6.07, 6.45) is -0.824. The van der Waals surface area contributed by atoms with E-state index < -0.39 is 6.10 Å². The molecule has 0 heterocycles. The maximum absolute atomic E-state index is 9.53. The molecule has 0 aliphatic carbocycles. The fraction of sp³-hybridized carbons (Fsp3) is 0.333. The molecule has 0 saturated heterocycles. The number of rotatable bonds is 3. The predicted molar refractivity (Wildman–Crippen MR) is 57.0 cm³/mol. The maximum Gasteiger partial charge on any atom is 0.139 e. The monoisotopic (exact) mass is 235 g/mol. The lowest BCUT2D eigenvalue weighted by Crippen LogP contribution is -2.12. The number of aliphatic hydroxyl groups is 1. The summed E-state index contributed by atoms with van der Waals surface area (Å²) in [6, 6.07) is 3.15. The minimum atomic E-state index is -0.824. The largest absolute Gasteiger partial charge is 0.495 e. The molecule has 0 spiro atoms. The van der Waals surface area contributed by atoms with Gasteiger partial charge in [-0.2, -0.15) is 0 Å². The highest BCUT2D eigenvalue weighted by molar-refractivity contribution is 6.35. The molecule has 3 nitrogen and oxygen atoms in total. The van der Waals surface area contributed by atoms with Crippen LogP contribution in [0.3, 0.4) is 0 Å². The molecule has 0 amide bonds. The predicted octanol–water partition coefficient (Wildman–Crippen LogP) is 1.99. The first-order valence-electron chi connectivity index (χ1n) is 4.01. The molecule has 0 aromatic heterocycles. The minimum Gasteiger partial charge on any atom is -0.495 e. The Balaban J connectivity index is 3.21. The highest BCUT2D eigenvalue weighted by atomic mass is 35.5. The van der Waals surface area contributed by atoms with Crippen molar-refractivity contribution in [3.8, 4) is 5.75 Å². The van der Waals surface area contributed by atoms with E-state index >= 15 is 0 Å². The van der Waals surface area contributed by atoms with Crippen LogP contribution in [0.2, 0.25) is 10.0 Å². The van der Waals surface area contributed by atoms with Crippen molar-refractivity contribution in [3.63, 3.8) is 0 Å². The second kappa shape index (κ2) is 4.84. The van der Waals surface area contributed by atoms with E-state index in [0.29, 0.717) is 21.4 Å². The molecule has 0 radical (unpaired) electrons. The zero-order valence-electron chi connectivity index (χ0n) is 7.63. The summed E-state index contributed by atoms with van der Waals surface area (Å²) in [6.45, 7) is 0.0865. The van der Waals surface area contributed by atoms with E-state index in [1.807, 2.05) is 0 Å². The number of hydrogen-bond donors (Lipinski definition) is 2. The zero-order valence-corrected chi connectivity index (χ0v) is 9.14. The van der Waals surface area contributed by atoms with Crippen LogP contribution in [0.1, 0.15) is 11.7 Å². The Bertz CT molecular complexity index is 331. The highest BCUT2D eigenvalue weighted by Gasteiger charge is 2.14. The molecule has 1 rings (SSSR count). The standard InChI is InChI=1S/C9H11Cl2NO2/c1-14-8-3-5(10)2-6(9(8)11)7(13)4-12/h2-3,7,13H,4,12H2,1H3. The molecule has 0 saturated carbocycles. The molecular formula is C9H11Cl2NO2. The van der Waals surface area contributed by atoms with Gasteiger partial charge >= 0.3 is 0 Å². The Labute approximate surface area is 92.4 Å². The number of hydrogen-bond acceptors (Lipinski definition) is 3. The molecule has 1 aromatic rings. The van der Waals surface area contributed by atoms with Gasteiger partial charge in [-0.1, -0.05) is 23.2 Å². The molecule has 1 aromatic carbocycles. The van der Waals surface area contributed by atoms with Crippen molar-refractivity contribution in [2.24, 2.45) is 5.73 Å². The average Bonchev–Trinajstić information content (AvgIpc) is 2.19. The molecule has 3 N–H and O–H groups in total. The number of ether oxygens (including phenoxy) is 1. The summed E-state index contributed by atoms with van der Waals surface area (Å²) in [7, 11) is 1.48. The number of methoxy groups -OCH3 is 1. The Hall–Kier alpha value is -0.480. The SMILES string of the molecule is COc1cc(Cl)cc(C(O)CN)c1Cl. The van der Waals surface area contributed by atoms with Crippen molar-refractivity contribution in [1.29, 1.82) is 0 Å². The Morgan fingerprint density at radius 2 is 2.14 bits per heavy atom. The van der Waals surface area contributed by atoms with Gasteiger partial charge in [0.2, 0.25) is 0 Å². The first-order valence-corrected chi connectivity index (χ1v) is 4.76. The van der Waals surface area contributed by atoms with Crippen LogP contribution in [0, 0.1) is 0 Å². The highest BCUT2D eigenvalue weighted by Crippen LogP contribution is 2.34. The molecule has 5 heteroatoms. The maximum atomic E-state index is 9.53. The van der Waals surface area contributed by atoms with Gasteiger partial charge in [0.05, 0.1) is 18.2 Å². The summed E-state index contributed by atoms with van der Waals surface area (Å²) in [5.74, 6) is 0.432. The smallest absolute Gasteiger partial charge is 0.139 e. The lowest BCUT2D eigenvalue weighted by Gasteiger charge is -2.13. The normalized spacial score (nSPS) is 12.6. The van der Waals surface area contributed by atoms with Gasteiger partial charge in [-0.15, -0.1) is 0 Å². The van der Waals surface area contributed by atoms with Crippen LogP contribution in [0.4, 0.5) is 0 Å². The summed E-state index contributed by atoms with van der Waals surface area (Å²) >= 11 is 11.8. The Kier molecular flexibility index (Phi) is 4.01. The van der Waals surface area contributed by atoms with E-state index in [9.17, 15) is 5.11 Å². The fourth-order valence-corrected chi connectivity index (χ4v) is 1.63. The van der Waals surface area contributed by atoms with Crippen LogP contribution in [0.15, 0.2) is 12.1 Å². The van der Waals surface area contributed by atoms with Crippen LogP contribution >= 0.6 is 23.2 Å². The van der Waals surface area contributed by atoms with Gasteiger partial charge in [0, 0.05) is 23.2 Å². The molecular weight excluding hydrogens is 225 g/mol.